The fourth-order valence-corrected chi connectivity index (χ4v) is 4.62. The summed E-state index contributed by atoms with van der Waals surface area (Å²) in [7, 11) is -0.677. The quantitative estimate of drug-likeness (QED) is 0.700. The van der Waals surface area contributed by atoms with Gasteiger partial charge in [0.15, 0.2) is 9.84 Å². The highest BCUT2D eigenvalue weighted by Gasteiger charge is 2.34. The second-order valence-corrected chi connectivity index (χ2v) is 7.50. The molecule has 2 aliphatic rings. The lowest BCUT2D eigenvalue weighted by Gasteiger charge is -2.31. The fourth-order valence-electron chi connectivity index (χ4n) is 2.86. The van der Waals surface area contributed by atoms with Crippen molar-refractivity contribution in [1.82, 2.24) is 9.80 Å². The van der Waals surface area contributed by atoms with Crippen LogP contribution in [0.1, 0.15) is 12.8 Å². The average Bonchev–Trinajstić information content (AvgIpc) is 2.53. The Kier molecular flexibility index (Phi) is 4.07. The van der Waals surface area contributed by atoms with E-state index < -0.39 is 9.84 Å². The molecule has 2 unspecified atom stereocenters. The van der Waals surface area contributed by atoms with Gasteiger partial charge in [-0.2, -0.15) is 0 Å². The number of sulfone groups is 1. The second-order valence-electron chi connectivity index (χ2n) is 5.28. The van der Waals surface area contributed by atoms with E-state index in [1.54, 1.807) is 0 Å². The van der Waals surface area contributed by atoms with E-state index in [1.165, 1.54) is 0 Å². The summed E-state index contributed by atoms with van der Waals surface area (Å²) in [6.45, 7) is 3.61. The van der Waals surface area contributed by atoms with Crippen molar-refractivity contribution in [3.8, 4) is 0 Å². The van der Waals surface area contributed by atoms with Crippen LogP contribution in [0.2, 0.25) is 0 Å². The van der Waals surface area contributed by atoms with E-state index in [0.29, 0.717) is 24.1 Å². The zero-order valence-electron chi connectivity index (χ0n) is 10.5. The maximum absolute atomic E-state index is 11.5. The van der Waals surface area contributed by atoms with Gasteiger partial charge in [-0.3, -0.25) is 4.90 Å². The van der Waals surface area contributed by atoms with Crippen LogP contribution in [0, 0.1) is 0 Å². The molecule has 0 aromatic heterocycles. The van der Waals surface area contributed by atoms with Crippen LogP contribution in [0.3, 0.4) is 0 Å². The van der Waals surface area contributed by atoms with Crippen molar-refractivity contribution in [1.29, 1.82) is 0 Å². The van der Waals surface area contributed by atoms with Crippen molar-refractivity contribution in [2.75, 3.05) is 44.7 Å². The van der Waals surface area contributed by atoms with Crippen molar-refractivity contribution in [3.63, 3.8) is 0 Å². The molecule has 0 spiro atoms. The van der Waals surface area contributed by atoms with E-state index in [9.17, 15) is 8.42 Å². The first-order valence-corrected chi connectivity index (χ1v) is 8.19. The van der Waals surface area contributed by atoms with Gasteiger partial charge < -0.3 is 10.6 Å². The fraction of sp³-hybridized carbons (Fsp3) is 1.00. The first-order chi connectivity index (χ1) is 8.02. The molecule has 2 rings (SSSR count). The number of hydrogen-bond donors (Lipinski definition) is 1. The largest absolute Gasteiger partial charge is 0.329 e. The molecule has 17 heavy (non-hydrogen) atoms. The third kappa shape index (κ3) is 3.19. The zero-order chi connectivity index (χ0) is 12.5. The lowest BCUT2D eigenvalue weighted by Crippen LogP contribution is -2.47. The molecule has 0 aromatic carbocycles. The van der Waals surface area contributed by atoms with Gasteiger partial charge in [-0.1, -0.05) is 0 Å². The second kappa shape index (κ2) is 5.22. The summed E-state index contributed by atoms with van der Waals surface area (Å²) in [6.07, 6.45) is 1.90. The molecule has 2 heterocycles. The van der Waals surface area contributed by atoms with E-state index >= 15 is 0 Å². The minimum atomic E-state index is -2.78. The number of nitrogens with zero attached hydrogens (tertiary/aromatic N) is 2. The van der Waals surface area contributed by atoms with Crippen molar-refractivity contribution in [3.05, 3.63) is 0 Å². The van der Waals surface area contributed by atoms with Crippen molar-refractivity contribution in [2.45, 2.75) is 24.9 Å². The zero-order valence-corrected chi connectivity index (χ0v) is 11.3. The van der Waals surface area contributed by atoms with E-state index in [4.69, 9.17) is 5.73 Å². The van der Waals surface area contributed by atoms with Gasteiger partial charge >= 0.3 is 0 Å². The predicted molar refractivity (Wildman–Crippen MR) is 68.7 cm³/mol. The van der Waals surface area contributed by atoms with Crippen molar-refractivity contribution in [2.24, 2.45) is 5.73 Å². The molecule has 0 bridgehead atoms. The van der Waals surface area contributed by atoms with Gasteiger partial charge in [-0.25, -0.2) is 8.42 Å². The van der Waals surface area contributed by atoms with Crippen LogP contribution >= 0.6 is 0 Å². The van der Waals surface area contributed by atoms with E-state index in [-0.39, 0.29) is 6.04 Å². The number of nitrogens with two attached hydrogens (primary N) is 1. The highest BCUT2D eigenvalue weighted by atomic mass is 32.2. The van der Waals surface area contributed by atoms with E-state index in [2.05, 4.69) is 16.8 Å². The molecule has 6 heteroatoms. The van der Waals surface area contributed by atoms with Crippen LogP contribution in [0.5, 0.6) is 0 Å². The summed E-state index contributed by atoms with van der Waals surface area (Å²) in [5.74, 6) is 0.700. The number of likely N-dealkylation sites (N-methyl/N-ethyl adjacent to an activating group) is 1. The van der Waals surface area contributed by atoms with Crippen molar-refractivity contribution >= 4 is 9.84 Å². The maximum atomic E-state index is 11.5. The summed E-state index contributed by atoms with van der Waals surface area (Å²) < 4.78 is 23.0. The van der Waals surface area contributed by atoms with Crippen LogP contribution < -0.4 is 5.73 Å². The Balaban J connectivity index is 2.01. The highest BCUT2D eigenvalue weighted by molar-refractivity contribution is 7.91. The van der Waals surface area contributed by atoms with Gasteiger partial charge in [0.25, 0.3) is 0 Å². The van der Waals surface area contributed by atoms with Gasteiger partial charge in [0.1, 0.15) is 0 Å². The monoisotopic (exact) mass is 261 g/mol. The van der Waals surface area contributed by atoms with Gasteiger partial charge in [0, 0.05) is 25.2 Å². The molecule has 2 atom stereocenters. The summed E-state index contributed by atoms with van der Waals surface area (Å²) in [6, 6.07) is 0.585. The van der Waals surface area contributed by atoms with Crippen LogP contribution in [0.25, 0.3) is 0 Å². The molecule has 0 aromatic rings. The SMILES string of the molecule is CN1CCCN(C2CCS(=O)(=O)C2)CC1CN. The summed E-state index contributed by atoms with van der Waals surface area (Å²) in [5, 5.41) is 0. The molecular formula is C11H23N3O2S. The van der Waals surface area contributed by atoms with Crippen molar-refractivity contribution < 1.29 is 8.42 Å². The van der Waals surface area contributed by atoms with Gasteiger partial charge in [0.2, 0.25) is 0 Å². The first kappa shape index (κ1) is 13.3. The Labute approximate surface area is 104 Å². The molecule has 2 N–H and O–H groups in total. The van der Waals surface area contributed by atoms with E-state index in [0.717, 1.165) is 32.5 Å². The van der Waals surface area contributed by atoms with Crippen LogP contribution in [0.15, 0.2) is 0 Å². The molecule has 5 nitrogen and oxygen atoms in total. The smallest absolute Gasteiger partial charge is 0.151 e. The highest BCUT2D eigenvalue weighted by Crippen LogP contribution is 2.20. The maximum Gasteiger partial charge on any atom is 0.151 e. The molecule has 2 aliphatic heterocycles. The predicted octanol–water partition coefficient (Wildman–Crippen LogP) is -0.862. The molecule has 0 radical (unpaired) electrons. The Morgan fingerprint density at radius 3 is 2.71 bits per heavy atom. The first-order valence-electron chi connectivity index (χ1n) is 6.36. The summed E-state index contributed by atoms with van der Waals surface area (Å²) in [4.78, 5) is 4.63. The Bertz CT molecular complexity index is 358. The lowest BCUT2D eigenvalue weighted by molar-refractivity contribution is 0.178. The molecule has 0 aliphatic carbocycles. The van der Waals surface area contributed by atoms with E-state index in [1.807, 2.05) is 0 Å². The third-order valence-corrected chi connectivity index (χ3v) is 5.77. The molecular weight excluding hydrogens is 238 g/mol. The van der Waals surface area contributed by atoms with Crippen LogP contribution in [0.4, 0.5) is 0 Å². The molecule has 0 amide bonds. The Morgan fingerprint density at radius 2 is 2.12 bits per heavy atom. The Morgan fingerprint density at radius 1 is 1.35 bits per heavy atom. The molecule has 2 fully saturated rings. The molecule has 100 valence electrons. The van der Waals surface area contributed by atoms with Crippen LogP contribution in [-0.4, -0.2) is 75.0 Å². The Hall–Kier alpha value is -0.170. The summed E-state index contributed by atoms with van der Waals surface area (Å²) >= 11 is 0. The minimum Gasteiger partial charge on any atom is -0.329 e. The van der Waals surface area contributed by atoms with Gasteiger partial charge in [0.05, 0.1) is 11.5 Å². The normalized spacial score (nSPS) is 35.9. The number of rotatable bonds is 2. The average molecular weight is 261 g/mol. The lowest BCUT2D eigenvalue weighted by atomic mass is 10.2. The number of hydrogen-bond acceptors (Lipinski definition) is 5. The molecule has 0 saturated carbocycles. The third-order valence-electron chi connectivity index (χ3n) is 4.02. The standard InChI is InChI=1S/C11H23N3O2S/c1-13-4-2-5-14(8-11(13)7-12)10-3-6-17(15,16)9-10/h10-11H,2-9,12H2,1H3. The van der Waals surface area contributed by atoms with Gasteiger partial charge in [-0.05, 0) is 33.0 Å². The summed E-state index contributed by atoms with van der Waals surface area (Å²) in [5.41, 5.74) is 5.79. The topological polar surface area (TPSA) is 66.6 Å². The minimum absolute atomic E-state index is 0.223. The van der Waals surface area contributed by atoms with Crippen LogP contribution in [-0.2, 0) is 9.84 Å². The van der Waals surface area contributed by atoms with Gasteiger partial charge in [-0.15, -0.1) is 0 Å². The molecule has 2 saturated heterocycles.